The lowest BCUT2D eigenvalue weighted by atomic mass is 10.1. The number of amides is 2. The van der Waals surface area contributed by atoms with E-state index >= 15 is 0 Å². The van der Waals surface area contributed by atoms with Gasteiger partial charge in [-0.3, -0.25) is 9.59 Å². The number of benzene rings is 1. The number of likely N-dealkylation sites (tertiary alicyclic amines) is 1. The standard InChI is InChI=1S/C14H16F3N3O2/c1-8-4-5-9(18)10(7-8)19-12(21)11-3-2-6-20(11)13(22)14(15,16)17/h4-5,7,11H,2-3,6,18H2,1H3,(H,19,21). The molecule has 1 fully saturated rings. The summed E-state index contributed by atoms with van der Waals surface area (Å²) < 4.78 is 37.6. The monoisotopic (exact) mass is 315 g/mol. The van der Waals surface area contributed by atoms with E-state index in [0.717, 1.165) is 5.56 Å². The Labute approximate surface area is 125 Å². The molecule has 2 rings (SSSR count). The number of rotatable bonds is 2. The molecule has 8 heteroatoms. The second kappa shape index (κ2) is 5.86. The van der Waals surface area contributed by atoms with E-state index in [2.05, 4.69) is 5.32 Å². The number of alkyl halides is 3. The number of halogens is 3. The van der Waals surface area contributed by atoms with Crippen molar-refractivity contribution in [3.8, 4) is 0 Å². The molecule has 1 aliphatic rings. The molecular formula is C14H16F3N3O2. The fourth-order valence-electron chi connectivity index (χ4n) is 2.44. The minimum absolute atomic E-state index is 0.0836. The fourth-order valence-corrected chi connectivity index (χ4v) is 2.44. The fraction of sp³-hybridized carbons (Fsp3) is 0.429. The number of nitrogens with two attached hydrogens (primary N) is 1. The molecule has 0 radical (unpaired) electrons. The Morgan fingerprint density at radius 2 is 2.05 bits per heavy atom. The van der Waals surface area contributed by atoms with Crippen molar-refractivity contribution in [3.63, 3.8) is 0 Å². The lowest BCUT2D eigenvalue weighted by Gasteiger charge is -2.25. The van der Waals surface area contributed by atoms with Crippen molar-refractivity contribution in [2.75, 3.05) is 17.6 Å². The summed E-state index contributed by atoms with van der Waals surface area (Å²) in [5, 5.41) is 2.50. The third kappa shape index (κ3) is 3.32. The van der Waals surface area contributed by atoms with Gasteiger partial charge in [-0.25, -0.2) is 0 Å². The third-order valence-electron chi connectivity index (χ3n) is 3.53. The largest absolute Gasteiger partial charge is 0.471 e. The van der Waals surface area contributed by atoms with Gasteiger partial charge < -0.3 is 16.0 Å². The summed E-state index contributed by atoms with van der Waals surface area (Å²) in [5.41, 5.74) is 7.21. The molecule has 22 heavy (non-hydrogen) atoms. The molecule has 5 nitrogen and oxygen atoms in total. The molecule has 1 aromatic rings. The van der Waals surface area contributed by atoms with Gasteiger partial charge in [0, 0.05) is 6.54 Å². The summed E-state index contributed by atoms with van der Waals surface area (Å²) >= 11 is 0. The van der Waals surface area contributed by atoms with E-state index in [9.17, 15) is 22.8 Å². The lowest BCUT2D eigenvalue weighted by molar-refractivity contribution is -0.186. The molecule has 0 bridgehead atoms. The van der Waals surface area contributed by atoms with Crippen LogP contribution in [0.25, 0.3) is 0 Å². The van der Waals surface area contributed by atoms with E-state index in [0.29, 0.717) is 22.7 Å². The van der Waals surface area contributed by atoms with Crippen LogP contribution in [0.3, 0.4) is 0 Å². The highest BCUT2D eigenvalue weighted by molar-refractivity contribution is 6.00. The van der Waals surface area contributed by atoms with Gasteiger partial charge in [0.25, 0.3) is 0 Å². The van der Waals surface area contributed by atoms with Crippen molar-refractivity contribution in [1.29, 1.82) is 0 Å². The van der Waals surface area contributed by atoms with Crippen molar-refractivity contribution in [1.82, 2.24) is 4.90 Å². The Kier molecular flexibility index (Phi) is 4.30. The zero-order chi connectivity index (χ0) is 16.5. The summed E-state index contributed by atoms with van der Waals surface area (Å²) in [6.07, 6.45) is -4.44. The third-order valence-corrected chi connectivity index (χ3v) is 3.53. The second-order valence-electron chi connectivity index (χ2n) is 5.23. The van der Waals surface area contributed by atoms with Crippen LogP contribution in [0.5, 0.6) is 0 Å². The van der Waals surface area contributed by atoms with Crippen molar-refractivity contribution in [3.05, 3.63) is 23.8 Å². The van der Waals surface area contributed by atoms with Gasteiger partial charge in [0.05, 0.1) is 11.4 Å². The highest BCUT2D eigenvalue weighted by Crippen LogP contribution is 2.27. The Morgan fingerprint density at radius 3 is 2.68 bits per heavy atom. The summed E-state index contributed by atoms with van der Waals surface area (Å²) in [5.74, 6) is -2.64. The van der Waals surface area contributed by atoms with Crippen LogP contribution in [0.2, 0.25) is 0 Å². The van der Waals surface area contributed by atoms with Crippen LogP contribution in [0, 0.1) is 6.92 Å². The first kappa shape index (κ1) is 16.1. The topological polar surface area (TPSA) is 75.4 Å². The summed E-state index contributed by atoms with van der Waals surface area (Å²) in [7, 11) is 0. The molecule has 1 heterocycles. The number of carbonyl (C=O) groups excluding carboxylic acids is 2. The molecule has 0 saturated carbocycles. The molecule has 1 aliphatic heterocycles. The molecule has 0 aromatic heterocycles. The zero-order valence-corrected chi connectivity index (χ0v) is 11.9. The Bertz CT molecular complexity index is 601. The van der Waals surface area contributed by atoms with Gasteiger partial charge in [0.15, 0.2) is 0 Å². The first-order valence-corrected chi connectivity index (χ1v) is 6.75. The molecule has 2 amide bonds. The van der Waals surface area contributed by atoms with Gasteiger partial charge in [0.1, 0.15) is 6.04 Å². The van der Waals surface area contributed by atoms with E-state index in [1.54, 1.807) is 25.1 Å². The number of aryl methyl sites for hydroxylation is 1. The maximum Gasteiger partial charge on any atom is 0.471 e. The summed E-state index contributed by atoms with van der Waals surface area (Å²) in [6.45, 7) is 1.71. The van der Waals surface area contributed by atoms with Crippen molar-refractivity contribution >= 4 is 23.2 Å². The van der Waals surface area contributed by atoms with Gasteiger partial charge in [-0.05, 0) is 37.5 Å². The molecule has 1 aromatic carbocycles. The minimum atomic E-state index is -4.98. The van der Waals surface area contributed by atoms with Crippen LogP contribution in [0.4, 0.5) is 24.5 Å². The summed E-state index contributed by atoms with van der Waals surface area (Å²) in [4.78, 5) is 24.1. The highest BCUT2D eigenvalue weighted by atomic mass is 19.4. The molecule has 0 spiro atoms. The number of nitrogen functional groups attached to an aromatic ring is 1. The number of anilines is 2. The molecule has 3 N–H and O–H groups in total. The molecule has 1 unspecified atom stereocenters. The van der Waals surface area contributed by atoms with E-state index in [1.165, 1.54) is 0 Å². The van der Waals surface area contributed by atoms with Crippen LogP contribution < -0.4 is 11.1 Å². The highest BCUT2D eigenvalue weighted by Gasteiger charge is 2.47. The van der Waals surface area contributed by atoms with Gasteiger partial charge in [-0.2, -0.15) is 13.2 Å². The smallest absolute Gasteiger partial charge is 0.397 e. The Morgan fingerprint density at radius 1 is 1.36 bits per heavy atom. The van der Waals surface area contributed by atoms with Gasteiger partial charge >= 0.3 is 12.1 Å². The van der Waals surface area contributed by atoms with Crippen molar-refractivity contribution < 1.29 is 22.8 Å². The number of nitrogens with one attached hydrogen (secondary N) is 1. The maximum absolute atomic E-state index is 12.5. The van der Waals surface area contributed by atoms with Gasteiger partial charge in [0.2, 0.25) is 5.91 Å². The maximum atomic E-state index is 12.5. The van der Waals surface area contributed by atoms with E-state index in [-0.39, 0.29) is 13.0 Å². The first-order chi connectivity index (χ1) is 10.2. The van der Waals surface area contributed by atoms with Gasteiger partial charge in [-0.1, -0.05) is 6.07 Å². The van der Waals surface area contributed by atoms with Crippen molar-refractivity contribution in [2.24, 2.45) is 0 Å². The average Bonchev–Trinajstić information content (AvgIpc) is 2.90. The van der Waals surface area contributed by atoms with Crippen LogP contribution >= 0.6 is 0 Å². The quantitative estimate of drug-likeness (QED) is 0.820. The number of carbonyl (C=O) groups is 2. The van der Waals surface area contributed by atoms with Crippen LogP contribution in [0.15, 0.2) is 18.2 Å². The Balaban J connectivity index is 2.15. The van der Waals surface area contributed by atoms with Crippen molar-refractivity contribution in [2.45, 2.75) is 32.0 Å². The van der Waals surface area contributed by atoms with Crippen LogP contribution in [0.1, 0.15) is 18.4 Å². The summed E-state index contributed by atoms with van der Waals surface area (Å²) in [6, 6.07) is 3.84. The Hall–Kier alpha value is -2.25. The van der Waals surface area contributed by atoms with E-state index in [4.69, 9.17) is 5.73 Å². The molecule has 0 aliphatic carbocycles. The zero-order valence-electron chi connectivity index (χ0n) is 11.9. The minimum Gasteiger partial charge on any atom is -0.397 e. The van der Waals surface area contributed by atoms with E-state index in [1.807, 2.05) is 0 Å². The molecule has 120 valence electrons. The normalized spacial score (nSPS) is 18.4. The van der Waals surface area contributed by atoms with Crippen LogP contribution in [-0.2, 0) is 9.59 Å². The number of hydrogen-bond acceptors (Lipinski definition) is 3. The molecule has 1 atom stereocenters. The average molecular weight is 315 g/mol. The van der Waals surface area contributed by atoms with E-state index < -0.39 is 24.0 Å². The predicted molar refractivity (Wildman–Crippen MR) is 75.0 cm³/mol. The number of nitrogens with zero attached hydrogens (tertiary/aromatic N) is 1. The molecule has 1 saturated heterocycles. The van der Waals surface area contributed by atoms with Crippen LogP contribution in [-0.4, -0.2) is 35.5 Å². The van der Waals surface area contributed by atoms with Gasteiger partial charge in [-0.15, -0.1) is 0 Å². The molecular weight excluding hydrogens is 299 g/mol. The first-order valence-electron chi connectivity index (χ1n) is 6.75. The second-order valence-corrected chi connectivity index (χ2v) is 5.23. The lowest BCUT2D eigenvalue weighted by Crippen LogP contribution is -2.48. The predicted octanol–water partition coefficient (Wildman–Crippen LogP) is 2.07. The number of hydrogen-bond donors (Lipinski definition) is 2. The SMILES string of the molecule is Cc1ccc(N)c(NC(=O)C2CCCN2C(=O)C(F)(F)F)c1.